The number of rotatable bonds is 70. The minimum absolute atomic E-state index is 0.104. The van der Waals surface area contributed by atoms with Gasteiger partial charge < -0.3 is 33.8 Å². The van der Waals surface area contributed by atoms with Gasteiger partial charge >= 0.3 is 39.5 Å². The Morgan fingerprint density at radius 3 is 0.798 bits per heavy atom. The molecule has 3 unspecified atom stereocenters. The number of ether oxygens (including phenoxy) is 4. The van der Waals surface area contributed by atoms with Gasteiger partial charge in [0.2, 0.25) is 0 Å². The SMILES string of the molecule is CCCCCCCCCCCCCCCCCCCCC(=O)O[C@H](COC(=O)CCCCCCCCCCCCCCCC)COP(=O)(O)OC[C@@H](O)COP(=O)(O)OC[C@@H](COC(=O)CCCCCCC)OC(=O)CCCCCCCCCCC(C)CC. The van der Waals surface area contributed by atoms with Crippen LogP contribution in [-0.2, 0) is 65.4 Å². The van der Waals surface area contributed by atoms with Crippen molar-refractivity contribution in [2.45, 2.75) is 380 Å². The summed E-state index contributed by atoms with van der Waals surface area (Å²) in [5.41, 5.74) is 0. The van der Waals surface area contributed by atoms with Crippen molar-refractivity contribution >= 4 is 39.5 Å². The summed E-state index contributed by atoms with van der Waals surface area (Å²) >= 11 is 0. The highest BCUT2D eigenvalue weighted by Gasteiger charge is 2.30. The quantitative estimate of drug-likeness (QED) is 0.0222. The van der Waals surface area contributed by atoms with E-state index in [1.165, 1.54) is 180 Å². The minimum atomic E-state index is -4.95. The number of unbranched alkanes of at least 4 members (excludes halogenated alkanes) is 41. The Morgan fingerprint density at radius 2 is 0.539 bits per heavy atom. The molecule has 89 heavy (non-hydrogen) atoms. The fourth-order valence-electron chi connectivity index (χ4n) is 10.6. The third-order valence-electron chi connectivity index (χ3n) is 16.6. The fourth-order valence-corrected chi connectivity index (χ4v) is 12.2. The van der Waals surface area contributed by atoms with Crippen molar-refractivity contribution in [3.05, 3.63) is 0 Å². The van der Waals surface area contributed by atoms with Gasteiger partial charge in [0, 0.05) is 25.7 Å². The van der Waals surface area contributed by atoms with Crippen LogP contribution in [0.1, 0.15) is 362 Å². The van der Waals surface area contributed by atoms with Gasteiger partial charge in [0.15, 0.2) is 12.2 Å². The Labute approximate surface area is 543 Å². The molecule has 0 bridgehead atoms. The molecule has 0 heterocycles. The van der Waals surface area contributed by atoms with Crippen molar-refractivity contribution in [3.63, 3.8) is 0 Å². The van der Waals surface area contributed by atoms with E-state index < -0.39 is 97.5 Å². The van der Waals surface area contributed by atoms with E-state index >= 15 is 0 Å². The second-order valence-electron chi connectivity index (χ2n) is 25.5. The average Bonchev–Trinajstić information content (AvgIpc) is 3.65. The number of phosphoric acid groups is 2. The van der Waals surface area contributed by atoms with E-state index in [1.54, 1.807) is 0 Å². The van der Waals surface area contributed by atoms with Crippen LogP contribution in [0.3, 0.4) is 0 Å². The molecule has 0 aromatic carbocycles. The fraction of sp³-hybridized carbons (Fsp3) is 0.943. The summed E-state index contributed by atoms with van der Waals surface area (Å²) in [6.07, 6.45) is 50.3. The van der Waals surface area contributed by atoms with E-state index in [0.717, 1.165) is 102 Å². The number of hydrogen-bond donors (Lipinski definition) is 3. The largest absolute Gasteiger partial charge is 0.472 e. The van der Waals surface area contributed by atoms with Crippen molar-refractivity contribution in [1.29, 1.82) is 0 Å². The maximum atomic E-state index is 13.0. The van der Waals surface area contributed by atoms with Crippen LogP contribution in [0.2, 0.25) is 0 Å². The lowest BCUT2D eigenvalue weighted by Crippen LogP contribution is -2.30. The van der Waals surface area contributed by atoms with E-state index in [0.29, 0.717) is 25.7 Å². The van der Waals surface area contributed by atoms with Gasteiger partial charge in [-0.25, -0.2) is 9.13 Å². The van der Waals surface area contributed by atoms with Crippen LogP contribution in [0.4, 0.5) is 0 Å². The molecule has 0 aliphatic rings. The zero-order valence-electron chi connectivity index (χ0n) is 57.6. The Bertz CT molecular complexity index is 1720. The second-order valence-corrected chi connectivity index (χ2v) is 28.4. The third kappa shape index (κ3) is 63.2. The molecule has 3 N–H and O–H groups in total. The summed E-state index contributed by atoms with van der Waals surface area (Å²) in [5.74, 6) is -1.36. The first-order valence-corrected chi connectivity index (χ1v) is 39.7. The molecule has 19 heteroatoms. The van der Waals surface area contributed by atoms with Gasteiger partial charge in [-0.2, -0.15) is 0 Å². The van der Waals surface area contributed by atoms with Crippen molar-refractivity contribution in [2.24, 2.45) is 5.92 Å². The van der Waals surface area contributed by atoms with Crippen molar-refractivity contribution in [1.82, 2.24) is 0 Å². The third-order valence-corrected chi connectivity index (χ3v) is 18.5. The van der Waals surface area contributed by atoms with Crippen LogP contribution < -0.4 is 0 Å². The van der Waals surface area contributed by atoms with Gasteiger partial charge in [-0.3, -0.25) is 37.3 Å². The summed E-state index contributed by atoms with van der Waals surface area (Å²) < 4.78 is 68.1. The lowest BCUT2D eigenvalue weighted by atomic mass is 9.99. The second kappa shape index (κ2) is 63.5. The summed E-state index contributed by atoms with van der Waals surface area (Å²) in [6.45, 7) is 7.16. The molecule has 0 radical (unpaired) electrons. The number of aliphatic hydroxyl groups excluding tert-OH is 1. The summed E-state index contributed by atoms with van der Waals surface area (Å²) in [6, 6.07) is 0. The molecule has 0 fully saturated rings. The first-order valence-electron chi connectivity index (χ1n) is 36.7. The normalized spacial score (nSPS) is 14.4. The van der Waals surface area contributed by atoms with Gasteiger partial charge in [-0.1, -0.05) is 311 Å². The highest BCUT2D eigenvalue weighted by Crippen LogP contribution is 2.45. The van der Waals surface area contributed by atoms with E-state index in [-0.39, 0.29) is 25.7 Å². The van der Waals surface area contributed by atoms with Crippen LogP contribution >= 0.6 is 15.6 Å². The number of esters is 4. The lowest BCUT2D eigenvalue weighted by Gasteiger charge is -2.21. The number of hydrogen-bond acceptors (Lipinski definition) is 15. The summed E-state index contributed by atoms with van der Waals surface area (Å²) in [7, 11) is -9.89. The first-order chi connectivity index (χ1) is 43.1. The van der Waals surface area contributed by atoms with Crippen LogP contribution in [0.25, 0.3) is 0 Å². The Balaban J connectivity index is 5.15. The molecule has 528 valence electrons. The topological polar surface area (TPSA) is 237 Å². The monoisotopic (exact) mass is 1310 g/mol. The van der Waals surface area contributed by atoms with Crippen molar-refractivity contribution < 1.29 is 80.2 Å². The molecular weight excluding hydrogens is 1170 g/mol. The average molecular weight is 1310 g/mol. The van der Waals surface area contributed by atoms with E-state index in [4.69, 9.17) is 37.0 Å². The maximum Gasteiger partial charge on any atom is 0.472 e. The first kappa shape index (κ1) is 87.1. The Hall–Kier alpha value is -1.94. The van der Waals surface area contributed by atoms with Crippen molar-refractivity contribution in [2.75, 3.05) is 39.6 Å². The van der Waals surface area contributed by atoms with Gasteiger partial charge in [-0.15, -0.1) is 0 Å². The van der Waals surface area contributed by atoms with Gasteiger partial charge in [0.25, 0.3) is 0 Å². The van der Waals surface area contributed by atoms with Gasteiger partial charge in [-0.05, 0) is 31.6 Å². The number of aliphatic hydroxyl groups is 1. The molecule has 0 aliphatic heterocycles. The summed E-state index contributed by atoms with van der Waals surface area (Å²) in [5, 5.41) is 10.6. The molecule has 0 spiro atoms. The van der Waals surface area contributed by atoms with Crippen LogP contribution in [0.5, 0.6) is 0 Å². The van der Waals surface area contributed by atoms with E-state index in [2.05, 4.69) is 34.6 Å². The highest BCUT2D eigenvalue weighted by molar-refractivity contribution is 7.47. The van der Waals surface area contributed by atoms with Crippen LogP contribution in [0, 0.1) is 5.92 Å². The predicted octanol–water partition coefficient (Wildman–Crippen LogP) is 20.1. The van der Waals surface area contributed by atoms with E-state index in [1.807, 2.05) is 0 Å². The molecule has 0 aromatic rings. The van der Waals surface area contributed by atoms with Crippen LogP contribution in [0.15, 0.2) is 0 Å². The molecule has 0 aromatic heterocycles. The molecule has 0 saturated carbocycles. The zero-order chi connectivity index (χ0) is 65.6. The molecule has 0 amide bonds. The molecular formula is C70H136O17P2. The number of carbonyl (C=O) groups is 4. The smallest absolute Gasteiger partial charge is 0.462 e. The molecule has 0 aliphatic carbocycles. The minimum Gasteiger partial charge on any atom is -0.462 e. The number of carbonyl (C=O) groups excluding carboxylic acids is 4. The lowest BCUT2D eigenvalue weighted by molar-refractivity contribution is -0.161. The van der Waals surface area contributed by atoms with Crippen LogP contribution in [-0.4, -0.2) is 96.7 Å². The summed E-state index contributed by atoms with van der Waals surface area (Å²) in [4.78, 5) is 72.3. The number of phosphoric ester groups is 2. The maximum absolute atomic E-state index is 13.0. The molecule has 0 saturated heterocycles. The molecule has 6 atom stereocenters. The standard InChI is InChI=1S/C70H136O17P2/c1-6-10-13-16-18-20-22-24-26-27-28-29-31-33-35-40-45-50-55-69(74)87-66(60-81-68(73)54-49-44-39-34-32-30-25-23-21-19-17-14-11-7-2)62-85-89(78,79)83-58-64(71)57-82-88(76,77)84-61-65(59-80-67(72)53-48-42-15-12-8-3)86-70(75)56-51-46-41-37-36-38-43-47-52-63(5)9-4/h63-66,71H,6-62H2,1-5H3,(H,76,77)(H,78,79)/t63?,64-,65+,66+/m0/s1. The van der Waals surface area contributed by atoms with Gasteiger partial charge in [0.1, 0.15) is 19.3 Å². The predicted molar refractivity (Wildman–Crippen MR) is 358 cm³/mol. The Kier molecular flexibility index (Phi) is 62.1. The van der Waals surface area contributed by atoms with Gasteiger partial charge in [0.05, 0.1) is 26.4 Å². The Morgan fingerprint density at radius 1 is 0.315 bits per heavy atom. The zero-order valence-corrected chi connectivity index (χ0v) is 59.4. The molecule has 17 nitrogen and oxygen atoms in total. The van der Waals surface area contributed by atoms with Crippen molar-refractivity contribution in [3.8, 4) is 0 Å². The molecule has 0 rings (SSSR count). The van der Waals surface area contributed by atoms with E-state index in [9.17, 15) is 43.2 Å². The highest BCUT2D eigenvalue weighted by atomic mass is 31.2.